The molecular formula is C18H19NO3. The average Bonchev–Trinajstić information content (AvgIpc) is 2.54. The Balaban J connectivity index is 2.10. The smallest absolute Gasteiger partial charge is 0.224 e. The van der Waals surface area contributed by atoms with E-state index in [0.717, 1.165) is 35.5 Å². The molecule has 0 aromatic heterocycles. The molecule has 3 rings (SSSR count). The van der Waals surface area contributed by atoms with Crippen molar-refractivity contribution in [3.63, 3.8) is 0 Å². The van der Waals surface area contributed by atoms with Gasteiger partial charge in [0.15, 0.2) is 0 Å². The molecule has 4 nitrogen and oxygen atoms in total. The summed E-state index contributed by atoms with van der Waals surface area (Å²) < 4.78 is 5.92. The zero-order valence-corrected chi connectivity index (χ0v) is 12.6. The van der Waals surface area contributed by atoms with E-state index in [1.54, 1.807) is 0 Å². The number of nitrogens with zero attached hydrogens (tertiary/aromatic N) is 1. The first-order valence-corrected chi connectivity index (χ1v) is 7.71. The van der Waals surface area contributed by atoms with Crippen LogP contribution in [0.5, 0.6) is 11.5 Å². The Morgan fingerprint density at radius 3 is 2.14 bits per heavy atom. The molecule has 0 radical (unpaired) electrons. The molecule has 0 fully saturated rings. The number of ether oxygens (including phenoxy) is 1. The Bertz CT molecular complexity index is 638. The van der Waals surface area contributed by atoms with Crippen molar-refractivity contribution in [3.05, 3.63) is 69.8 Å². The van der Waals surface area contributed by atoms with Gasteiger partial charge in [-0.3, -0.25) is 10.1 Å². The molecule has 0 saturated carbocycles. The topological polar surface area (TPSA) is 52.4 Å². The maximum atomic E-state index is 11.7. The first-order valence-electron chi connectivity index (χ1n) is 7.71. The number of nitro groups is 1. The fraction of sp³-hybridized carbons (Fsp3) is 0.333. The SMILES string of the molecule is CCCCC(C1c2ccccc2Oc2ccccc21)[N+](=O)[O-]. The molecule has 22 heavy (non-hydrogen) atoms. The molecule has 2 aromatic rings. The minimum absolute atomic E-state index is 0.126. The van der Waals surface area contributed by atoms with Crippen LogP contribution in [-0.2, 0) is 0 Å². The Morgan fingerprint density at radius 1 is 1.09 bits per heavy atom. The van der Waals surface area contributed by atoms with E-state index in [2.05, 4.69) is 6.92 Å². The van der Waals surface area contributed by atoms with Gasteiger partial charge in [0.2, 0.25) is 6.04 Å². The van der Waals surface area contributed by atoms with Crippen LogP contribution < -0.4 is 4.74 Å². The Labute approximate surface area is 129 Å². The zero-order valence-electron chi connectivity index (χ0n) is 12.6. The largest absolute Gasteiger partial charge is 0.457 e. The molecule has 0 saturated heterocycles. The van der Waals surface area contributed by atoms with Gasteiger partial charge in [-0.1, -0.05) is 49.7 Å². The van der Waals surface area contributed by atoms with Gasteiger partial charge in [0.25, 0.3) is 0 Å². The van der Waals surface area contributed by atoms with Crippen molar-refractivity contribution in [2.24, 2.45) is 0 Å². The maximum absolute atomic E-state index is 11.7. The molecule has 0 bridgehead atoms. The van der Waals surface area contributed by atoms with Gasteiger partial charge in [-0.05, 0) is 18.6 Å². The van der Waals surface area contributed by atoms with Crippen molar-refractivity contribution >= 4 is 0 Å². The molecule has 2 aromatic carbocycles. The van der Waals surface area contributed by atoms with Gasteiger partial charge in [-0.2, -0.15) is 0 Å². The third-order valence-corrected chi connectivity index (χ3v) is 4.24. The zero-order chi connectivity index (χ0) is 15.5. The number of rotatable bonds is 5. The summed E-state index contributed by atoms with van der Waals surface area (Å²) in [6.07, 6.45) is 2.39. The highest BCUT2D eigenvalue weighted by molar-refractivity contribution is 5.54. The minimum atomic E-state index is -0.619. The van der Waals surface area contributed by atoms with E-state index in [0.29, 0.717) is 6.42 Å². The van der Waals surface area contributed by atoms with E-state index in [4.69, 9.17) is 4.74 Å². The summed E-state index contributed by atoms with van der Waals surface area (Å²) >= 11 is 0. The van der Waals surface area contributed by atoms with Crippen molar-refractivity contribution in [1.29, 1.82) is 0 Å². The van der Waals surface area contributed by atoms with Gasteiger partial charge in [0.05, 0.1) is 5.92 Å². The lowest BCUT2D eigenvalue weighted by Gasteiger charge is -2.29. The van der Waals surface area contributed by atoms with Crippen LogP contribution in [0.2, 0.25) is 0 Å². The average molecular weight is 297 g/mol. The van der Waals surface area contributed by atoms with Crippen LogP contribution in [0.4, 0.5) is 0 Å². The highest BCUT2D eigenvalue weighted by Crippen LogP contribution is 2.46. The summed E-state index contributed by atoms with van der Waals surface area (Å²) in [5.41, 5.74) is 1.83. The van der Waals surface area contributed by atoms with Crippen LogP contribution in [0.25, 0.3) is 0 Å². The Morgan fingerprint density at radius 2 is 1.64 bits per heavy atom. The molecule has 1 atom stereocenters. The fourth-order valence-electron chi connectivity index (χ4n) is 3.17. The van der Waals surface area contributed by atoms with Gasteiger partial charge in [-0.15, -0.1) is 0 Å². The lowest BCUT2D eigenvalue weighted by molar-refractivity contribution is -0.526. The van der Waals surface area contributed by atoms with Crippen LogP contribution in [0.3, 0.4) is 0 Å². The highest BCUT2D eigenvalue weighted by atomic mass is 16.6. The lowest BCUT2D eigenvalue weighted by atomic mass is 9.81. The normalized spacial score (nSPS) is 14.6. The second-order valence-electron chi connectivity index (χ2n) is 5.65. The van der Waals surface area contributed by atoms with E-state index in [1.165, 1.54) is 0 Å². The molecule has 1 aliphatic rings. The molecule has 1 unspecified atom stereocenters. The number of para-hydroxylation sites is 2. The van der Waals surface area contributed by atoms with Crippen LogP contribution in [0.15, 0.2) is 48.5 Å². The Hall–Kier alpha value is -2.36. The molecule has 4 heteroatoms. The van der Waals surface area contributed by atoms with Crippen LogP contribution in [-0.4, -0.2) is 11.0 Å². The third kappa shape index (κ3) is 2.56. The van der Waals surface area contributed by atoms with E-state index in [-0.39, 0.29) is 10.8 Å². The summed E-state index contributed by atoms with van der Waals surface area (Å²) in [5, 5.41) is 11.7. The quantitative estimate of drug-likeness (QED) is 0.590. The van der Waals surface area contributed by atoms with Gasteiger partial charge in [0.1, 0.15) is 11.5 Å². The molecule has 0 amide bonds. The van der Waals surface area contributed by atoms with Crippen molar-refractivity contribution in [1.82, 2.24) is 0 Å². The van der Waals surface area contributed by atoms with Gasteiger partial charge in [0, 0.05) is 22.5 Å². The standard InChI is InChI=1S/C18H19NO3/c1-2-3-10-15(19(20)21)18-13-8-4-6-11-16(13)22-17-12-7-5-9-14(17)18/h4-9,11-12,15,18H,2-3,10H2,1H3. The number of unbranched alkanes of at least 4 members (excludes halogenated alkanes) is 1. The summed E-state index contributed by atoms with van der Waals surface area (Å²) in [5.74, 6) is 1.21. The predicted molar refractivity (Wildman–Crippen MR) is 85.1 cm³/mol. The molecule has 0 spiro atoms. The molecular weight excluding hydrogens is 278 g/mol. The number of hydrogen-bond acceptors (Lipinski definition) is 3. The van der Waals surface area contributed by atoms with Gasteiger partial charge < -0.3 is 4.74 Å². The number of fused-ring (bicyclic) bond motifs is 2. The third-order valence-electron chi connectivity index (χ3n) is 4.24. The molecule has 114 valence electrons. The minimum Gasteiger partial charge on any atom is -0.457 e. The van der Waals surface area contributed by atoms with Crippen LogP contribution in [0, 0.1) is 10.1 Å². The van der Waals surface area contributed by atoms with E-state index < -0.39 is 6.04 Å². The lowest BCUT2D eigenvalue weighted by Crippen LogP contribution is -2.30. The van der Waals surface area contributed by atoms with Crippen molar-refractivity contribution in [2.45, 2.75) is 38.1 Å². The monoisotopic (exact) mass is 297 g/mol. The fourth-order valence-corrected chi connectivity index (χ4v) is 3.17. The second kappa shape index (κ2) is 6.18. The van der Waals surface area contributed by atoms with Crippen LogP contribution in [0.1, 0.15) is 43.2 Å². The van der Waals surface area contributed by atoms with E-state index in [9.17, 15) is 10.1 Å². The summed E-state index contributed by atoms with van der Waals surface area (Å²) in [6.45, 7) is 2.06. The number of benzene rings is 2. The molecule has 0 N–H and O–H groups in total. The van der Waals surface area contributed by atoms with Crippen molar-refractivity contribution in [2.75, 3.05) is 0 Å². The first kappa shape index (κ1) is 14.6. The number of hydrogen-bond donors (Lipinski definition) is 0. The van der Waals surface area contributed by atoms with Gasteiger partial charge in [-0.25, -0.2) is 0 Å². The first-order chi connectivity index (χ1) is 10.7. The molecule has 0 aliphatic carbocycles. The Kier molecular flexibility index (Phi) is 4.09. The van der Waals surface area contributed by atoms with Crippen LogP contribution >= 0.6 is 0 Å². The summed E-state index contributed by atoms with van der Waals surface area (Å²) in [7, 11) is 0. The van der Waals surface area contributed by atoms with Crippen molar-refractivity contribution < 1.29 is 9.66 Å². The summed E-state index contributed by atoms with van der Waals surface area (Å²) in [4.78, 5) is 11.6. The van der Waals surface area contributed by atoms with Gasteiger partial charge >= 0.3 is 0 Å². The highest BCUT2D eigenvalue weighted by Gasteiger charge is 2.39. The van der Waals surface area contributed by atoms with E-state index >= 15 is 0 Å². The molecule has 1 aliphatic heterocycles. The summed E-state index contributed by atoms with van der Waals surface area (Å²) in [6, 6.07) is 14.7. The maximum Gasteiger partial charge on any atom is 0.224 e. The predicted octanol–water partition coefficient (Wildman–Crippen LogP) is 4.76. The van der Waals surface area contributed by atoms with Crippen molar-refractivity contribution in [3.8, 4) is 11.5 Å². The second-order valence-corrected chi connectivity index (χ2v) is 5.65. The van der Waals surface area contributed by atoms with E-state index in [1.807, 2.05) is 48.5 Å². The molecule has 1 heterocycles.